The molecule has 1 heteroatoms. The van der Waals surface area contributed by atoms with Gasteiger partial charge in [-0.25, -0.2) is 0 Å². The second kappa shape index (κ2) is 3.91. The average molecular weight is 153 g/mol. The van der Waals surface area contributed by atoms with E-state index in [0.29, 0.717) is 0 Å². The van der Waals surface area contributed by atoms with Gasteiger partial charge in [-0.3, -0.25) is 0 Å². The van der Waals surface area contributed by atoms with Gasteiger partial charge in [-0.05, 0) is 51.6 Å². The fourth-order valence-electron chi connectivity index (χ4n) is 1.89. The highest BCUT2D eigenvalue weighted by Gasteiger charge is 2.29. The monoisotopic (exact) mass is 153 g/mol. The van der Waals surface area contributed by atoms with Crippen molar-refractivity contribution >= 4 is 0 Å². The summed E-state index contributed by atoms with van der Waals surface area (Å²) in [5.41, 5.74) is 1.34. The topological polar surface area (TPSA) is 12.0 Å². The molecule has 0 aliphatic heterocycles. The minimum absolute atomic E-state index is 0.927. The molecule has 1 aliphatic rings. The van der Waals surface area contributed by atoms with E-state index in [4.69, 9.17) is 0 Å². The quantitative estimate of drug-likeness (QED) is 0.610. The lowest BCUT2D eigenvalue weighted by Crippen LogP contribution is -2.33. The smallest absolute Gasteiger partial charge is 0.00208 e. The Morgan fingerprint density at radius 1 is 1.45 bits per heavy atom. The van der Waals surface area contributed by atoms with Crippen LogP contribution in [0.1, 0.15) is 26.2 Å². The van der Waals surface area contributed by atoms with Crippen LogP contribution in [0.4, 0.5) is 0 Å². The third-order valence-corrected chi connectivity index (χ3v) is 2.65. The maximum absolute atomic E-state index is 3.95. The molecular weight excluding hydrogens is 134 g/mol. The third kappa shape index (κ3) is 2.33. The molecule has 0 saturated heterocycles. The van der Waals surface area contributed by atoms with E-state index in [2.05, 4.69) is 18.8 Å². The Morgan fingerprint density at radius 3 is 2.45 bits per heavy atom. The molecule has 64 valence electrons. The maximum atomic E-state index is 3.95. The molecule has 1 fully saturated rings. The molecule has 0 amide bonds. The van der Waals surface area contributed by atoms with Gasteiger partial charge >= 0.3 is 0 Å². The minimum atomic E-state index is 0.927. The van der Waals surface area contributed by atoms with Crippen LogP contribution in [0.5, 0.6) is 0 Å². The lowest BCUT2D eigenvalue weighted by molar-refractivity contribution is 0.174. The van der Waals surface area contributed by atoms with E-state index in [1.54, 1.807) is 0 Å². The van der Waals surface area contributed by atoms with E-state index in [0.717, 1.165) is 11.8 Å². The molecule has 0 aromatic heterocycles. The summed E-state index contributed by atoms with van der Waals surface area (Å²) in [6, 6.07) is 0. The highest BCUT2D eigenvalue weighted by Crippen LogP contribution is 2.37. The molecular formula is C10H19N. The van der Waals surface area contributed by atoms with Crippen LogP contribution >= 0.6 is 0 Å². The number of rotatable bonds is 4. The third-order valence-electron chi connectivity index (χ3n) is 2.65. The van der Waals surface area contributed by atoms with Crippen LogP contribution in [0, 0.1) is 11.8 Å². The summed E-state index contributed by atoms with van der Waals surface area (Å²) in [6.45, 7) is 7.28. The molecule has 0 spiro atoms. The van der Waals surface area contributed by atoms with Crippen molar-refractivity contribution < 1.29 is 0 Å². The number of hydrogen-bond acceptors (Lipinski definition) is 1. The predicted molar refractivity (Wildman–Crippen MR) is 49.6 cm³/mol. The summed E-state index contributed by atoms with van der Waals surface area (Å²) >= 11 is 0. The standard InChI is InChI=1S/C10H19N/c1-8(2)6-9-4-5-10(9)7-11-3/h9-11H,1,4-7H2,2-3H3. The van der Waals surface area contributed by atoms with E-state index in [-0.39, 0.29) is 0 Å². The van der Waals surface area contributed by atoms with Crippen molar-refractivity contribution in [2.45, 2.75) is 26.2 Å². The molecule has 2 unspecified atom stereocenters. The first-order chi connectivity index (χ1) is 5.24. The molecule has 2 atom stereocenters. The van der Waals surface area contributed by atoms with Crippen LogP contribution in [-0.4, -0.2) is 13.6 Å². The first-order valence-corrected chi connectivity index (χ1v) is 4.53. The van der Waals surface area contributed by atoms with Gasteiger partial charge < -0.3 is 5.32 Å². The fraction of sp³-hybridized carbons (Fsp3) is 0.800. The number of hydrogen-bond donors (Lipinski definition) is 1. The molecule has 1 rings (SSSR count). The van der Waals surface area contributed by atoms with Gasteiger partial charge in [0, 0.05) is 0 Å². The highest BCUT2D eigenvalue weighted by molar-refractivity contribution is 4.95. The van der Waals surface area contributed by atoms with Crippen molar-refractivity contribution in [3.63, 3.8) is 0 Å². The SMILES string of the molecule is C=C(C)CC1CCC1CNC. The first-order valence-electron chi connectivity index (χ1n) is 4.53. The molecule has 0 aromatic rings. The fourth-order valence-corrected chi connectivity index (χ4v) is 1.89. The Morgan fingerprint density at radius 2 is 2.09 bits per heavy atom. The molecule has 0 radical (unpaired) electrons. The largest absolute Gasteiger partial charge is 0.319 e. The van der Waals surface area contributed by atoms with Gasteiger partial charge in [0.1, 0.15) is 0 Å². The Kier molecular flexibility index (Phi) is 3.13. The molecule has 1 nitrogen and oxygen atoms in total. The zero-order valence-corrected chi connectivity index (χ0v) is 7.69. The van der Waals surface area contributed by atoms with Crippen LogP contribution in [-0.2, 0) is 0 Å². The zero-order chi connectivity index (χ0) is 8.27. The summed E-state index contributed by atoms with van der Waals surface area (Å²) < 4.78 is 0. The van der Waals surface area contributed by atoms with Gasteiger partial charge in [0.05, 0.1) is 0 Å². The predicted octanol–water partition coefficient (Wildman–Crippen LogP) is 2.20. The summed E-state index contributed by atoms with van der Waals surface area (Å²) in [6.07, 6.45) is 4.07. The van der Waals surface area contributed by atoms with Crippen molar-refractivity contribution in [1.82, 2.24) is 5.32 Å². The summed E-state index contributed by atoms with van der Waals surface area (Å²) in [4.78, 5) is 0. The molecule has 1 N–H and O–H groups in total. The van der Waals surface area contributed by atoms with Crippen molar-refractivity contribution in [1.29, 1.82) is 0 Å². The van der Waals surface area contributed by atoms with Gasteiger partial charge in [-0.2, -0.15) is 0 Å². The molecule has 11 heavy (non-hydrogen) atoms. The molecule has 0 aromatic carbocycles. The lowest BCUT2D eigenvalue weighted by Gasteiger charge is -2.36. The van der Waals surface area contributed by atoms with Crippen molar-refractivity contribution in [3.05, 3.63) is 12.2 Å². The van der Waals surface area contributed by atoms with Gasteiger partial charge in [0.15, 0.2) is 0 Å². The van der Waals surface area contributed by atoms with Crippen molar-refractivity contribution in [2.75, 3.05) is 13.6 Å². The second-order valence-electron chi connectivity index (χ2n) is 3.82. The summed E-state index contributed by atoms with van der Waals surface area (Å²) in [7, 11) is 2.04. The van der Waals surface area contributed by atoms with Crippen LogP contribution < -0.4 is 5.32 Å². The van der Waals surface area contributed by atoms with Gasteiger partial charge in [-0.15, -0.1) is 6.58 Å². The normalized spacial score (nSPS) is 29.6. The Hall–Kier alpha value is -0.300. The zero-order valence-electron chi connectivity index (χ0n) is 7.69. The maximum Gasteiger partial charge on any atom is -0.00208 e. The number of nitrogens with one attached hydrogen (secondary N) is 1. The first kappa shape index (κ1) is 8.79. The van der Waals surface area contributed by atoms with Crippen LogP contribution in [0.15, 0.2) is 12.2 Å². The Bertz CT molecular complexity index is 140. The van der Waals surface area contributed by atoms with Crippen molar-refractivity contribution in [2.24, 2.45) is 11.8 Å². The average Bonchev–Trinajstić information content (AvgIpc) is 1.93. The van der Waals surface area contributed by atoms with E-state index in [1.807, 2.05) is 7.05 Å². The van der Waals surface area contributed by atoms with Crippen LogP contribution in [0.25, 0.3) is 0 Å². The molecule has 1 aliphatic carbocycles. The van der Waals surface area contributed by atoms with Gasteiger partial charge in [0.25, 0.3) is 0 Å². The Balaban J connectivity index is 2.20. The second-order valence-corrected chi connectivity index (χ2v) is 3.82. The van der Waals surface area contributed by atoms with E-state index in [9.17, 15) is 0 Å². The van der Waals surface area contributed by atoms with E-state index >= 15 is 0 Å². The van der Waals surface area contributed by atoms with E-state index < -0.39 is 0 Å². The molecule has 0 bridgehead atoms. The van der Waals surface area contributed by atoms with Crippen LogP contribution in [0.2, 0.25) is 0 Å². The lowest BCUT2D eigenvalue weighted by atomic mass is 9.71. The molecule has 1 saturated carbocycles. The number of allylic oxidation sites excluding steroid dienone is 1. The van der Waals surface area contributed by atoms with Crippen molar-refractivity contribution in [3.8, 4) is 0 Å². The minimum Gasteiger partial charge on any atom is -0.319 e. The summed E-state index contributed by atoms with van der Waals surface area (Å²) in [5, 5.41) is 3.24. The molecule has 0 heterocycles. The van der Waals surface area contributed by atoms with Gasteiger partial charge in [-0.1, -0.05) is 5.57 Å². The Labute approximate surface area is 69.9 Å². The van der Waals surface area contributed by atoms with Crippen LogP contribution in [0.3, 0.4) is 0 Å². The summed E-state index contributed by atoms with van der Waals surface area (Å²) in [5.74, 6) is 1.86. The van der Waals surface area contributed by atoms with E-state index in [1.165, 1.54) is 31.4 Å². The van der Waals surface area contributed by atoms with Gasteiger partial charge in [0.2, 0.25) is 0 Å². The highest BCUT2D eigenvalue weighted by atomic mass is 14.8.